The van der Waals surface area contributed by atoms with Crippen molar-refractivity contribution in [3.05, 3.63) is 59.1 Å². The number of nitrogens with one attached hydrogen (secondary N) is 1. The Balaban J connectivity index is 1.96. The topological polar surface area (TPSA) is 49.4 Å². The van der Waals surface area contributed by atoms with Crippen LogP contribution in [-0.4, -0.2) is 17.1 Å². The third-order valence-corrected chi connectivity index (χ3v) is 5.86. The number of amides is 2. The molecule has 2 aliphatic heterocycles. The third kappa shape index (κ3) is 1.93. The quantitative estimate of drug-likeness (QED) is 0.859. The lowest BCUT2D eigenvalue weighted by Gasteiger charge is -2.32. The Labute approximate surface area is 142 Å². The Hall–Kier alpha value is -1.98. The summed E-state index contributed by atoms with van der Waals surface area (Å²) in [5.74, 6) is -0.287. The predicted molar refractivity (Wildman–Crippen MR) is 92.7 cm³/mol. The smallest absolute Gasteiger partial charge is 0.266 e. The van der Waals surface area contributed by atoms with Gasteiger partial charge in [-0.25, -0.2) is 0 Å². The molecule has 2 aliphatic rings. The molecule has 1 spiro atoms. The summed E-state index contributed by atoms with van der Waals surface area (Å²) in [6, 6.07) is 14.5. The Morgan fingerprint density at radius 3 is 2.74 bits per heavy atom. The lowest BCUT2D eigenvalue weighted by molar-refractivity contribution is -0.122. The third-order valence-electron chi connectivity index (χ3n) is 4.14. The first-order chi connectivity index (χ1) is 11.0. The fourth-order valence-corrected chi connectivity index (χ4v) is 4.84. The van der Waals surface area contributed by atoms with E-state index in [1.807, 2.05) is 31.2 Å². The standard InChI is InChI=1S/C17H13ClN2O2S/c1-10-15(21)20(12-6-4-5-11(18)9-12)17(23-10)13-7-2-3-8-14(13)19-16(17)22/h2-10H,1H3,(H,19,22)/t10-,17+/m0/s1. The number of carbonyl (C=O) groups is 2. The molecule has 1 fully saturated rings. The molecule has 2 heterocycles. The highest BCUT2D eigenvalue weighted by Crippen LogP contribution is 2.56. The van der Waals surface area contributed by atoms with Crippen molar-refractivity contribution in [3.8, 4) is 0 Å². The average molecular weight is 345 g/mol. The molecule has 2 amide bonds. The van der Waals surface area contributed by atoms with E-state index in [9.17, 15) is 9.59 Å². The molecule has 2 atom stereocenters. The minimum absolute atomic E-state index is 0.0934. The number of rotatable bonds is 1. The fourth-order valence-electron chi connectivity index (χ4n) is 3.18. The first kappa shape index (κ1) is 14.6. The summed E-state index contributed by atoms with van der Waals surface area (Å²) in [5, 5.41) is 3.11. The highest BCUT2D eigenvalue weighted by molar-refractivity contribution is 8.03. The molecule has 0 radical (unpaired) electrons. The van der Waals surface area contributed by atoms with E-state index in [2.05, 4.69) is 5.32 Å². The summed E-state index contributed by atoms with van der Waals surface area (Å²) in [6.45, 7) is 1.83. The van der Waals surface area contributed by atoms with Crippen LogP contribution in [0.3, 0.4) is 0 Å². The summed E-state index contributed by atoms with van der Waals surface area (Å²) in [5.41, 5.74) is 2.19. The molecule has 6 heteroatoms. The number of anilines is 2. The number of benzene rings is 2. The molecule has 1 N–H and O–H groups in total. The molecule has 0 aromatic heterocycles. The lowest BCUT2D eigenvalue weighted by Crippen LogP contribution is -2.47. The van der Waals surface area contributed by atoms with Gasteiger partial charge in [0.1, 0.15) is 0 Å². The van der Waals surface area contributed by atoms with Crippen molar-refractivity contribution in [2.24, 2.45) is 0 Å². The molecule has 0 unspecified atom stereocenters. The zero-order valence-electron chi connectivity index (χ0n) is 12.2. The van der Waals surface area contributed by atoms with Crippen LogP contribution in [-0.2, 0) is 14.5 Å². The highest BCUT2D eigenvalue weighted by Gasteiger charge is 2.60. The van der Waals surface area contributed by atoms with Gasteiger partial charge in [-0.3, -0.25) is 14.5 Å². The van der Waals surface area contributed by atoms with E-state index < -0.39 is 4.87 Å². The second-order valence-electron chi connectivity index (χ2n) is 5.56. The van der Waals surface area contributed by atoms with E-state index >= 15 is 0 Å². The Kier molecular flexibility index (Phi) is 3.18. The van der Waals surface area contributed by atoms with E-state index in [4.69, 9.17) is 11.6 Å². The molecule has 1 saturated heterocycles. The van der Waals surface area contributed by atoms with Crippen molar-refractivity contribution < 1.29 is 9.59 Å². The number of carbonyl (C=O) groups excluding carboxylic acids is 2. The van der Waals surface area contributed by atoms with Gasteiger partial charge in [0.25, 0.3) is 5.91 Å². The van der Waals surface area contributed by atoms with Crippen LogP contribution in [0.4, 0.5) is 11.4 Å². The van der Waals surface area contributed by atoms with E-state index in [1.54, 1.807) is 29.2 Å². The normalized spacial score (nSPS) is 25.8. The second kappa shape index (κ2) is 5.01. The first-order valence-electron chi connectivity index (χ1n) is 7.22. The van der Waals surface area contributed by atoms with Crippen LogP contribution in [0, 0.1) is 0 Å². The van der Waals surface area contributed by atoms with Crippen molar-refractivity contribution in [1.29, 1.82) is 0 Å². The maximum atomic E-state index is 12.9. The van der Waals surface area contributed by atoms with Crippen LogP contribution in [0.25, 0.3) is 0 Å². The van der Waals surface area contributed by atoms with Crippen molar-refractivity contribution in [3.63, 3.8) is 0 Å². The highest BCUT2D eigenvalue weighted by atomic mass is 35.5. The van der Waals surface area contributed by atoms with Crippen molar-refractivity contribution >= 4 is 46.6 Å². The summed E-state index contributed by atoms with van der Waals surface area (Å²) >= 11 is 7.46. The van der Waals surface area contributed by atoms with Gasteiger partial charge in [0.2, 0.25) is 10.8 Å². The van der Waals surface area contributed by atoms with E-state index in [0.29, 0.717) is 10.7 Å². The van der Waals surface area contributed by atoms with E-state index in [-0.39, 0.29) is 17.1 Å². The number of fused-ring (bicyclic) bond motifs is 2. The summed E-state index contributed by atoms with van der Waals surface area (Å²) < 4.78 is 0. The summed E-state index contributed by atoms with van der Waals surface area (Å²) in [7, 11) is 0. The molecule has 0 saturated carbocycles. The van der Waals surface area contributed by atoms with Crippen molar-refractivity contribution in [2.45, 2.75) is 17.0 Å². The second-order valence-corrected chi connectivity index (χ2v) is 7.53. The Bertz CT molecular complexity index is 841. The largest absolute Gasteiger partial charge is 0.323 e. The molecular weight excluding hydrogens is 332 g/mol. The van der Waals surface area contributed by atoms with Crippen molar-refractivity contribution in [1.82, 2.24) is 0 Å². The molecule has 4 rings (SSSR count). The maximum Gasteiger partial charge on any atom is 0.266 e. The van der Waals surface area contributed by atoms with Crippen LogP contribution < -0.4 is 10.2 Å². The number of para-hydroxylation sites is 1. The molecular formula is C17H13ClN2O2S. The number of thioether (sulfide) groups is 1. The lowest BCUT2D eigenvalue weighted by atomic mass is 10.0. The maximum absolute atomic E-state index is 12.9. The van der Waals surface area contributed by atoms with Gasteiger partial charge in [-0.15, -0.1) is 11.8 Å². The fraction of sp³-hybridized carbons (Fsp3) is 0.176. The number of hydrogen-bond donors (Lipinski definition) is 1. The number of nitrogens with zero attached hydrogens (tertiary/aromatic N) is 1. The van der Waals surface area contributed by atoms with Crippen LogP contribution in [0.5, 0.6) is 0 Å². The van der Waals surface area contributed by atoms with E-state index in [1.165, 1.54) is 11.8 Å². The van der Waals surface area contributed by atoms with Gasteiger partial charge in [-0.05, 0) is 31.2 Å². The van der Waals surface area contributed by atoms with Crippen LogP contribution in [0.15, 0.2) is 48.5 Å². The number of halogens is 1. The Morgan fingerprint density at radius 2 is 1.96 bits per heavy atom. The molecule has 2 aromatic carbocycles. The van der Waals surface area contributed by atoms with Gasteiger partial charge in [0.15, 0.2) is 0 Å². The van der Waals surface area contributed by atoms with Gasteiger partial charge in [-0.1, -0.05) is 35.9 Å². The van der Waals surface area contributed by atoms with Gasteiger partial charge in [-0.2, -0.15) is 0 Å². The monoisotopic (exact) mass is 344 g/mol. The molecule has 0 bridgehead atoms. The van der Waals surface area contributed by atoms with Gasteiger partial charge in [0, 0.05) is 22.0 Å². The minimum Gasteiger partial charge on any atom is -0.323 e. The molecule has 23 heavy (non-hydrogen) atoms. The van der Waals surface area contributed by atoms with Crippen LogP contribution in [0.1, 0.15) is 12.5 Å². The molecule has 116 valence electrons. The average Bonchev–Trinajstić information content (AvgIpc) is 2.95. The minimum atomic E-state index is -1.07. The van der Waals surface area contributed by atoms with Gasteiger partial charge < -0.3 is 5.32 Å². The summed E-state index contributed by atoms with van der Waals surface area (Å²) in [4.78, 5) is 26.2. The zero-order chi connectivity index (χ0) is 16.2. The SMILES string of the molecule is C[C@@H]1S[C@]2(C(=O)Nc3ccccc32)N(c2cccc(Cl)c2)C1=O. The van der Waals surface area contributed by atoms with Gasteiger partial charge >= 0.3 is 0 Å². The van der Waals surface area contributed by atoms with Crippen LogP contribution >= 0.6 is 23.4 Å². The zero-order valence-corrected chi connectivity index (χ0v) is 13.8. The Morgan fingerprint density at radius 1 is 1.17 bits per heavy atom. The molecule has 2 aromatic rings. The van der Waals surface area contributed by atoms with Crippen LogP contribution in [0.2, 0.25) is 5.02 Å². The molecule has 4 nitrogen and oxygen atoms in total. The number of hydrogen-bond acceptors (Lipinski definition) is 3. The first-order valence-corrected chi connectivity index (χ1v) is 8.48. The molecule has 0 aliphatic carbocycles. The predicted octanol–water partition coefficient (Wildman–Crippen LogP) is 3.61. The van der Waals surface area contributed by atoms with Crippen molar-refractivity contribution in [2.75, 3.05) is 10.2 Å². The van der Waals surface area contributed by atoms with E-state index in [0.717, 1.165) is 11.3 Å². The summed E-state index contributed by atoms with van der Waals surface area (Å²) in [6.07, 6.45) is 0. The van der Waals surface area contributed by atoms with Gasteiger partial charge in [0.05, 0.1) is 5.25 Å².